The highest BCUT2D eigenvalue weighted by atomic mass is 16.6. The molecule has 82 valence electrons. The smallest absolute Gasteiger partial charge is 0.0811 e. The quantitative estimate of drug-likeness (QED) is 0.686. The van der Waals surface area contributed by atoms with Crippen LogP contribution in [0.1, 0.15) is 44.9 Å². The Morgan fingerprint density at radius 3 is 2.14 bits per heavy atom. The first-order valence-electron chi connectivity index (χ1n) is 6.00. The first-order chi connectivity index (χ1) is 6.90. The standard InChI is InChI=1S/C11H22N2O/c12-14-11-6-8-13(9-7-11)10-4-2-1-3-5-10/h10-11H,1-9,12H2. The number of nitrogens with zero attached hydrogens (tertiary/aromatic N) is 1. The van der Waals surface area contributed by atoms with Gasteiger partial charge >= 0.3 is 0 Å². The molecule has 2 aliphatic rings. The summed E-state index contributed by atoms with van der Waals surface area (Å²) >= 11 is 0. The van der Waals surface area contributed by atoms with Gasteiger partial charge in [0.15, 0.2) is 0 Å². The lowest BCUT2D eigenvalue weighted by atomic mass is 9.92. The summed E-state index contributed by atoms with van der Waals surface area (Å²) in [5.74, 6) is 5.21. The van der Waals surface area contributed by atoms with Crippen LogP contribution in [0.4, 0.5) is 0 Å². The molecule has 1 saturated heterocycles. The van der Waals surface area contributed by atoms with Crippen LogP contribution in [0.15, 0.2) is 0 Å². The molecular weight excluding hydrogens is 176 g/mol. The van der Waals surface area contributed by atoms with Gasteiger partial charge < -0.3 is 9.74 Å². The topological polar surface area (TPSA) is 38.5 Å². The summed E-state index contributed by atoms with van der Waals surface area (Å²) in [6.45, 7) is 2.37. The van der Waals surface area contributed by atoms with Crippen LogP contribution < -0.4 is 5.90 Å². The van der Waals surface area contributed by atoms with Crippen LogP contribution in [-0.2, 0) is 4.84 Å². The second kappa shape index (κ2) is 5.10. The number of piperidine rings is 1. The highest BCUT2D eigenvalue weighted by Crippen LogP contribution is 2.25. The molecule has 0 unspecified atom stereocenters. The monoisotopic (exact) mass is 198 g/mol. The van der Waals surface area contributed by atoms with Crippen molar-refractivity contribution in [2.24, 2.45) is 5.90 Å². The van der Waals surface area contributed by atoms with E-state index in [2.05, 4.69) is 4.90 Å². The molecule has 2 N–H and O–H groups in total. The summed E-state index contributed by atoms with van der Waals surface area (Å²) < 4.78 is 0. The normalized spacial score (nSPS) is 28.1. The number of likely N-dealkylation sites (tertiary alicyclic amines) is 1. The van der Waals surface area contributed by atoms with Gasteiger partial charge in [-0.3, -0.25) is 0 Å². The lowest BCUT2D eigenvalue weighted by Crippen LogP contribution is -2.44. The van der Waals surface area contributed by atoms with E-state index in [1.165, 1.54) is 45.2 Å². The maximum Gasteiger partial charge on any atom is 0.0811 e. The Hall–Kier alpha value is -0.120. The van der Waals surface area contributed by atoms with Gasteiger partial charge in [0.05, 0.1) is 6.10 Å². The summed E-state index contributed by atoms with van der Waals surface area (Å²) in [4.78, 5) is 7.55. The zero-order valence-corrected chi connectivity index (χ0v) is 8.95. The van der Waals surface area contributed by atoms with E-state index in [1.807, 2.05) is 0 Å². The molecule has 1 aliphatic carbocycles. The fourth-order valence-electron chi connectivity index (χ4n) is 2.82. The third-order valence-electron chi connectivity index (χ3n) is 3.76. The van der Waals surface area contributed by atoms with Gasteiger partial charge in [0.1, 0.15) is 0 Å². The van der Waals surface area contributed by atoms with Gasteiger partial charge in [0, 0.05) is 19.1 Å². The van der Waals surface area contributed by atoms with E-state index in [0.717, 1.165) is 18.9 Å². The van der Waals surface area contributed by atoms with Gasteiger partial charge in [-0.1, -0.05) is 19.3 Å². The summed E-state index contributed by atoms with van der Waals surface area (Å²) in [7, 11) is 0. The van der Waals surface area contributed by atoms with Crippen molar-refractivity contribution in [2.45, 2.75) is 57.1 Å². The zero-order chi connectivity index (χ0) is 9.80. The Morgan fingerprint density at radius 1 is 0.929 bits per heavy atom. The summed E-state index contributed by atoms with van der Waals surface area (Å²) in [6, 6.07) is 0.863. The Morgan fingerprint density at radius 2 is 1.57 bits per heavy atom. The number of hydrogen-bond donors (Lipinski definition) is 1. The Bertz CT molecular complexity index is 161. The Labute approximate surface area is 86.5 Å². The molecule has 0 bridgehead atoms. The molecule has 0 spiro atoms. The molecule has 0 atom stereocenters. The van der Waals surface area contributed by atoms with Gasteiger partial charge in [-0.25, -0.2) is 5.90 Å². The van der Waals surface area contributed by atoms with E-state index in [1.54, 1.807) is 0 Å². The Kier molecular flexibility index (Phi) is 3.79. The lowest BCUT2D eigenvalue weighted by molar-refractivity contribution is -0.00692. The fraction of sp³-hybridized carbons (Fsp3) is 1.00. The SMILES string of the molecule is NOC1CCN(C2CCCCC2)CC1. The summed E-state index contributed by atoms with van der Waals surface area (Å²) in [6.07, 6.45) is 9.67. The lowest BCUT2D eigenvalue weighted by Gasteiger charge is -2.38. The van der Waals surface area contributed by atoms with E-state index in [9.17, 15) is 0 Å². The van der Waals surface area contributed by atoms with Crippen molar-refractivity contribution < 1.29 is 4.84 Å². The van der Waals surface area contributed by atoms with Crippen molar-refractivity contribution in [2.75, 3.05) is 13.1 Å². The van der Waals surface area contributed by atoms with Gasteiger partial charge in [-0.15, -0.1) is 0 Å². The molecule has 1 heterocycles. The molecule has 2 rings (SSSR count). The molecule has 1 saturated carbocycles. The van der Waals surface area contributed by atoms with Crippen LogP contribution in [0.5, 0.6) is 0 Å². The van der Waals surface area contributed by atoms with Crippen molar-refractivity contribution in [3.8, 4) is 0 Å². The number of rotatable bonds is 2. The number of nitrogens with two attached hydrogens (primary N) is 1. The summed E-state index contributed by atoms with van der Waals surface area (Å²) in [5, 5.41) is 0. The minimum Gasteiger partial charge on any atom is -0.301 e. The molecule has 0 aromatic rings. The van der Waals surface area contributed by atoms with E-state index < -0.39 is 0 Å². The maximum atomic E-state index is 5.21. The van der Waals surface area contributed by atoms with Gasteiger partial charge in [-0.05, 0) is 25.7 Å². The highest BCUT2D eigenvalue weighted by Gasteiger charge is 2.25. The van der Waals surface area contributed by atoms with Crippen LogP contribution in [0.25, 0.3) is 0 Å². The van der Waals surface area contributed by atoms with Crippen molar-refractivity contribution in [3.63, 3.8) is 0 Å². The molecule has 14 heavy (non-hydrogen) atoms. The number of hydrogen-bond acceptors (Lipinski definition) is 3. The van der Waals surface area contributed by atoms with E-state index in [4.69, 9.17) is 10.7 Å². The summed E-state index contributed by atoms with van der Waals surface area (Å²) in [5.41, 5.74) is 0. The van der Waals surface area contributed by atoms with E-state index >= 15 is 0 Å². The highest BCUT2D eigenvalue weighted by molar-refractivity contribution is 4.80. The van der Waals surface area contributed by atoms with Crippen molar-refractivity contribution in [1.82, 2.24) is 4.90 Å². The predicted octanol–water partition coefficient (Wildman–Crippen LogP) is 1.67. The first kappa shape index (κ1) is 10.4. The molecule has 3 heteroatoms. The van der Waals surface area contributed by atoms with Crippen molar-refractivity contribution >= 4 is 0 Å². The van der Waals surface area contributed by atoms with Gasteiger partial charge in [-0.2, -0.15) is 0 Å². The van der Waals surface area contributed by atoms with Crippen molar-refractivity contribution in [1.29, 1.82) is 0 Å². The predicted molar refractivity (Wildman–Crippen MR) is 56.7 cm³/mol. The minimum atomic E-state index is 0.315. The van der Waals surface area contributed by atoms with Crippen LogP contribution in [0.2, 0.25) is 0 Å². The largest absolute Gasteiger partial charge is 0.301 e. The van der Waals surface area contributed by atoms with Crippen LogP contribution >= 0.6 is 0 Å². The average Bonchev–Trinajstić information content (AvgIpc) is 2.30. The van der Waals surface area contributed by atoms with E-state index in [-0.39, 0.29) is 0 Å². The Balaban J connectivity index is 1.76. The van der Waals surface area contributed by atoms with Crippen LogP contribution in [0, 0.1) is 0 Å². The fourth-order valence-corrected chi connectivity index (χ4v) is 2.82. The van der Waals surface area contributed by atoms with E-state index in [0.29, 0.717) is 6.10 Å². The molecule has 3 nitrogen and oxygen atoms in total. The van der Waals surface area contributed by atoms with Crippen LogP contribution in [0.3, 0.4) is 0 Å². The first-order valence-corrected chi connectivity index (χ1v) is 6.00. The molecule has 1 aliphatic heterocycles. The molecule has 2 fully saturated rings. The minimum absolute atomic E-state index is 0.315. The maximum absolute atomic E-state index is 5.21. The second-order valence-electron chi connectivity index (χ2n) is 4.66. The second-order valence-corrected chi connectivity index (χ2v) is 4.66. The molecule has 0 aromatic carbocycles. The van der Waals surface area contributed by atoms with Crippen LogP contribution in [-0.4, -0.2) is 30.1 Å². The zero-order valence-electron chi connectivity index (χ0n) is 8.95. The third-order valence-corrected chi connectivity index (χ3v) is 3.76. The molecule has 0 amide bonds. The molecule has 0 radical (unpaired) electrons. The van der Waals surface area contributed by atoms with Gasteiger partial charge in [0.25, 0.3) is 0 Å². The van der Waals surface area contributed by atoms with Gasteiger partial charge in [0.2, 0.25) is 0 Å². The molecule has 0 aromatic heterocycles. The average molecular weight is 198 g/mol. The third kappa shape index (κ3) is 2.47. The molecular formula is C11H22N2O. The van der Waals surface area contributed by atoms with Crippen molar-refractivity contribution in [3.05, 3.63) is 0 Å².